The molecule has 0 aromatic rings. The lowest BCUT2D eigenvalue weighted by Gasteiger charge is -2.31. The van der Waals surface area contributed by atoms with Crippen LogP contribution < -0.4 is 5.32 Å². The molecule has 2 aliphatic carbocycles. The topological polar surface area (TPSA) is 78.9 Å². The molecule has 0 radical (unpaired) electrons. The molecule has 2 amide bonds. The van der Waals surface area contributed by atoms with E-state index in [2.05, 4.69) is 12.2 Å². The number of carbonyl (C=O) groups excluding carboxylic acids is 1. The first-order chi connectivity index (χ1) is 16.5. The van der Waals surface area contributed by atoms with Gasteiger partial charge in [-0.15, -0.1) is 0 Å². The summed E-state index contributed by atoms with van der Waals surface area (Å²) in [5.41, 5.74) is 0. The molecule has 1 unspecified atom stereocenters. The van der Waals surface area contributed by atoms with Crippen molar-refractivity contribution in [2.75, 3.05) is 19.7 Å². The summed E-state index contributed by atoms with van der Waals surface area (Å²) in [6.45, 7) is 6.25. The maximum Gasteiger partial charge on any atom is 0.317 e. The van der Waals surface area contributed by atoms with Gasteiger partial charge in [0.1, 0.15) is 0 Å². The molecule has 0 bridgehead atoms. The maximum absolute atomic E-state index is 13.0. The van der Waals surface area contributed by atoms with Crippen LogP contribution in [0.15, 0.2) is 0 Å². The summed E-state index contributed by atoms with van der Waals surface area (Å²) in [6.07, 6.45) is 19.1. The van der Waals surface area contributed by atoms with Gasteiger partial charge in [-0.25, -0.2) is 4.79 Å². The lowest BCUT2D eigenvalue weighted by atomic mass is 9.82. The van der Waals surface area contributed by atoms with Crippen LogP contribution in [0.1, 0.15) is 123 Å². The van der Waals surface area contributed by atoms with Gasteiger partial charge in [-0.3, -0.25) is 4.79 Å². The third-order valence-corrected chi connectivity index (χ3v) is 7.97. The SMILES string of the molecule is CCCCCCCN(CCO[C@H]1CCC[C@@H](CCC(CC)C(=O)O)C1)C(=O)NC1CCCCC1. The van der Waals surface area contributed by atoms with Crippen LogP contribution in [0.2, 0.25) is 0 Å². The second kappa shape index (κ2) is 17.2. The third-order valence-electron chi connectivity index (χ3n) is 7.97. The Morgan fingerprint density at radius 1 is 0.971 bits per heavy atom. The van der Waals surface area contributed by atoms with Gasteiger partial charge < -0.3 is 20.1 Å². The monoisotopic (exact) mass is 480 g/mol. The fraction of sp³-hybridized carbons (Fsp3) is 0.929. The van der Waals surface area contributed by atoms with Gasteiger partial charge in [-0.05, 0) is 57.3 Å². The van der Waals surface area contributed by atoms with Crippen LogP contribution in [-0.2, 0) is 9.53 Å². The van der Waals surface area contributed by atoms with E-state index in [1.807, 2.05) is 11.8 Å². The van der Waals surface area contributed by atoms with Crippen molar-refractivity contribution in [3.8, 4) is 0 Å². The highest BCUT2D eigenvalue weighted by Gasteiger charge is 2.25. The van der Waals surface area contributed by atoms with Crippen LogP contribution in [0.3, 0.4) is 0 Å². The number of ether oxygens (including phenoxy) is 1. The molecule has 2 rings (SSSR count). The maximum atomic E-state index is 13.0. The Kier molecular flexibility index (Phi) is 14.6. The number of carboxylic acids is 1. The molecule has 0 saturated heterocycles. The van der Waals surface area contributed by atoms with Crippen molar-refractivity contribution in [2.45, 2.75) is 135 Å². The van der Waals surface area contributed by atoms with Gasteiger partial charge in [0.15, 0.2) is 0 Å². The minimum absolute atomic E-state index is 0.0896. The van der Waals surface area contributed by atoms with E-state index in [1.165, 1.54) is 51.4 Å². The molecule has 6 nitrogen and oxygen atoms in total. The van der Waals surface area contributed by atoms with E-state index >= 15 is 0 Å². The highest BCUT2D eigenvalue weighted by atomic mass is 16.5. The predicted octanol–water partition coefficient (Wildman–Crippen LogP) is 6.77. The van der Waals surface area contributed by atoms with E-state index in [0.29, 0.717) is 31.5 Å². The van der Waals surface area contributed by atoms with Crippen LogP contribution in [-0.4, -0.2) is 53.8 Å². The molecule has 2 N–H and O–H groups in total. The Labute approximate surface area is 208 Å². The van der Waals surface area contributed by atoms with Crippen LogP contribution in [0, 0.1) is 11.8 Å². The Morgan fingerprint density at radius 2 is 1.74 bits per heavy atom. The molecule has 2 fully saturated rings. The van der Waals surface area contributed by atoms with Crippen molar-refractivity contribution in [2.24, 2.45) is 11.8 Å². The zero-order chi connectivity index (χ0) is 24.6. The van der Waals surface area contributed by atoms with Crippen molar-refractivity contribution in [3.05, 3.63) is 0 Å². The zero-order valence-electron chi connectivity index (χ0n) is 22.1. The van der Waals surface area contributed by atoms with Crippen molar-refractivity contribution in [1.82, 2.24) is 10.2 Å². The zero-order valence-corrected chi connectivity index (χ0v) is 22.1. The average molecular weight is 481 g/mol. The third kappa shape index (κ3) is 11.4. The molecule has 0 heterocycles. The highest BCUT2D eigenvalue weighted by Crippen LogP contribution is 2.31. The first kappa shape index (κ1) is 28.9. The Hall–Kier alpha value is -1.30. The number of rotatable bonds is 16. The molecule has 0 spiro atoms. The molecular weight excluding hydrogens is 428 g/mol. The van der Waals surface area contributed by atoms with Gasteiger partial charge in [0, 0.05) is 19.1 Å². The standard InChI is InChI=1S/C28H52N2O4/c1-3-5-6-7-11-19-30(28(33)29-25-14-9-8-10-15-25)20-21-34-26-16-12-13-23(22-26)17-18-24(4-2)27(31)32/h23-26H,3-22H2,1-2H3,(H,29,33)(H,31,32)/t23-,24?,26-/m0/s1. The number of hydrogen-bond acceptors (Lipinski definition) is 3. The van der Waals surface area contributed by atoms with E-state index in [1.54, 1.807) is 0 Å². The lowest BCUT2D eigenvalue weighted by molar-refractivity contribution is -0.142. The summed E-state index contributed by atoms with van der Waals surface area (Å²) < 4.78 is 6.27. The van der Waals surface area contributed by atoms with E-state index in [4.69, 9.17) is 4.74 Å². The largest absolute Gasteiger partial charge is 0.481 e. The molecule has 0 aliphatic heterocycles. The normalized spacial score (nSPS) is 22.3. The number of carboxylic acid groups (broad SMARTS) is 1. The summed E-state index contributed by atoms with van der Waals surface area (Å²) in [7, 11) is 0. The molecule has 6 heteroatoms. The summed E-state index contributed by atoms with van der Waals surface area (Å²) in [4.78, 5) is 26.3. The van der Waals surface area contributed by atoms with Crippen molar-refractivity contribution in [3.63, 3.8) is 0 Å². The second-order valence-electron chi connectivity index (χ2n) is 10.7. The predicted molar refractivity (Wildman–Crippen MR) is 138 cm³/mol. The van der Waals surface area contributed by atoms with Gasteiger partial charge >= 0.3 is 12.0 Å². The van der Waals surface area contributed by atoms with Crippen molar-refractivity contribution < 1.29 is 19.4 Å². The number of nitrogens with zero attached hydrogens (tertiary/aromatic N) is 1. The number of amides is 2. The van der Waals surface area contributed by atoms with Crippen LogP contribution in [0.5, 0.6) is 0 Å². The number of aliphatic carboxylic acids is 1. The van der Waals surface area contributed by atoms with Gasteiger partial charge in [-0.1, -0.05) is 71.6 Å². The summed E-state index contributed by atoms with van der Waals surface area (Å²) in [5.74, 6) is -0.307. The number of nitrogens with one attached hydrogen (secondary N) is 1. The van der Waals surface area contributed by atoms with Crippen LogP contribution >= 0.6 is 0 Å². The Bertz CT molecular complexity index is 565. The molecular formula is C28H52N2O4. The number of unbranched alkanes of at least 4 members (excludes halogenated alkanes) is 4. The number of hydrogen-bond donors (Lipinski definition) is 2. The highest BCUT2D eigenvalue weighted by molar-refractivity contribution is 5.74. The van der Waals surface area contributed by atoms with Crippen LogP contribution in [0.4, 0.5) is 4.79 Å². The molecule has 0 aromatic heterocycles. The minimum Gasteiger partial charge on any atom is -0.481 e. The van der Waals surface area contributed by atoms with Gasteiger partial charge in [0.25, 0.3) is 0 Å². The summed E-state index contributed by atoms with van der Waals surface area (Å²) in [6, 6.07) is 0.424. The van der Waals surface area contributed by atoms with E-state index in [0.717, 1.165) is 57.9 Å². The minimum atomic E-state index is -0.660. The number of urea groups is 1. The molecule has 198 valence electrons. The first-order valence-electron chi connectivity index (χ1n) is 14.4. The summed E-state index contributed by atoms with van der Waals surface area (Å²) >= 11 is 0. The fourth-order valence-corrected chi connectivity index (χ4v) is 5.66. The summed E-state index contributed by atoms with van der Waals surface area (Å²) in [5, 5.41) is 12.6. The lowest BCUT2D eigenvalue weighted by Crippen LogP contribution is -2.47. The van der Waals surface area contributed by atoms with E-state index in [-0.39, 0.29) is 18.1 Å². The Morgan fingerprint density at radius 3 is 2.44 bits per heavy atom. The molecule has 2 saturated carbocycles. The quantitative estimate of drug-likeness (QED) is 0.239. The average Bonchev–Trinajstić information content (AvgIpc) is 2.84. The van der Waals surface area contributed by atoms with E-state index < -0.39 is 5.97 Å². The van der Waals surface area contributed by atoms with Gasteiger partial charge in [0.2, 0.25) is 0 Å². The van der Waals surface area contributed by atoms with Crippen molar-refractivity contribution in [1.29, 1.82) is 0 Å². The van der Waals surface area contributed by atoms with Gasteiger partial charge in [-0.2, -0.15) is 0 Å². The van der Waals surface area contributed by atoms with Crippen LogP contribution in [0.25, 0.3) is 0 Å². The van der Waals surface area contributed by atoms with Crippen molar-refractivity contribution >= 4 is 12.0 Å². The fourth-order valence-electron chi connectivity index (χ4n) is 5.66. The molecule has 0 aromatic carbocycles. The first-order valence-corrected chi connectivity index (χ1v) is 14.4. The molecule has 34 heavy (non-hydrogen) atoms. The van der Waals surface area contributed by atoms with Gasteiger partial charge in [0.05, 0.1) is 18.6 Å². The molecule has 2 aliphatic rings. The Balaban J connectivity index is 1.75. The van der Waals surface area contributed by atoms with E-state index in [9.17, 15) is 14.7 Å². The number of carbonyl (C=O) groups is 2. The second-order valence-corrected chi connectivity index (χ2v) is 10.7. The smallest absolute Gasteiger partial charge is 0.317 e. The molecule has 3 atom stereocenters.